The standard InChI is InChI=1S/C15H11ClO2S/c16-11-4-5-15-10(6-11)7-14(19-15)9-18-13-3-1-2-12(17)8-13/h1-8,17H,9H2. The van der Waals surface area contributed by atoms with Crippen LogP contribution in [0.5, 0.6) is 11.5 Å². The van der Waals surface area contributed by atoms with Gasteiger partial charge in [0.15, 0.2) is 0 Å². The summed E-state index contributed by atoms with van der Waals surface area (Å²) in [5, 5.41) is 11.2. The fourth-order valence-corrected chi connectivity index (χ4v) is 3.01. The molecule has 0 atom stereocenters. The number of ether oxygens (including phenoxy) is 1. The third-order valence-corrected chi connectivity index (χ3v) is 4.05. The average Bonchev–Trinajstić information content (AvgIpc) is 2.78. The highest BCUT2D eigenvalue weighted by Gasteiger charge is 2.04. The van der Waals surface area contributed by atoms with Crippen LogP contribution in [0.25, 0.3) is 10.1 Å². The zero-order valence-corrected chi connectivity index (χ0v) is 11.5. The number of rotatable bonds is 3. The van der Waals surface area contributed by atoms with Gasteiger partial charge in [0.2, 0.25) is 0 Å². The number of phenols is 1. The van der Waals surface area contributed by atoms with Gasteiger partial charge >= 0.3 is 0 Å². The summed E-state index contributed by atoms with van der Waals surface area (Å²) < 4.78 is 6.84. The molecule has 2 aromatic carbocycles. The highest BCUT2D eigenvalue weighted by Crippen LogP contribution is 2.29. The predicted molar refractivity (Wildman–Crippen MR) is 79.3 cm³/mol. The second-order valence-electron chi connectivity index (χ2n) is 4.18. The van der Waals surface area contributed by atoms with E-state index in [0.29, 0.717) is 12.4 Å². The lowest BCUT2D eigenvalue weighted by Gasteiger charge is -2.04. The van der Waals surface area contributed by atoms with Gasteiger partial charge in [-0.3, -0.25) is 0 Å². The first-order chi connectivity index (χ1) is 9.20. The Morgan fingerprint density at radius 1 is 1.11 bits per heavy atom. The van der Waals surface area contributed by atoms with Gasteiger partial charge in [-0.1, -0.05) is 17.7 Å². The lowest BCUT2D eigenvalue weighted by Crippen LogP contribution is -1.91. The number of hydrogen-bond donors (Lipinski definition) is 1. The second kappa shape index (κ2) is 5.11. The minimum absolute atomic E-state index is 0.209. The van der Waals surface area contributed by atoms with Crippen molar-refractivity contribution in [2.75, 3.05) is 0 Å². The van der Waals surface area contributed by atoms with Gasteiger partial charge in [-0.2, -0.15) is 0 Å². The molecule has 96 valence electrons. The molecule has 3 rings (SSSR count). The van der Waals surface area contributed by atoms with E-state index in [4.69, 9.17) is 16.3 Å². The third-order valence-electron chi connectivity index (χ3n) is 2.73. The van der Waals surface area contributed by atoms with Crippen LogP contribution >= 0.6 is 22.9 Å². The number of aromatic hydroxyl groups is 1. The zero-order valence-electron chi connectivity index (χ0n) is 9.97. The van der Waals surface area contributed by atoms with E-state index in [-0.39, 0.29) is 5.75 Å². The van der Waals surface area contributed by atoms with Crippen LogP contribution in [0.15, 0.2) is 48.5 Å². The molecule has 1 aromatic heterocycles. The number of halogens is 1. The van der Waals surface area contributed by atoms with Crippen molar-refractivity contribution >= 4 is 33.0 Å². The topological polar surface area (TPSA) is 29.5 Å². The Balaban J connectivity index is 1.78. The second-order valence-corrected chi connectivity index (χ2v) is 5.79. The lowest BCUT2D eigenvalue weighted by molar-refractivity contribution is 0.308. The van der Waals surface area contributed by atoms with E-state index < -0.39 is 0 Å². The van der Waals surface area contributed by atoms with E-state index in [1.54, 1.807) is 29.5 Å². The molecule has 0 unspecified atom stereocenters. The predicted octanol–water partition coefficient (Wildman–Crippen LogP) is 4.84. The van der Waals surface area contributed by atoms with E-state index in [9.17, 15) is 5.11 Å². The molecule has 0 saturated heterocycles. The van der Waals surface area contributed by atoms with Crippen LogP contribution in [0.1, 0.15) is 4.88 Å². The Kier molecular flexibility index (Phi) is 3.32. The monoisotopic (exact) mass is 290 g/mol. The van der Waals surface area contributed by atoms with Crippen LogP contribution in [0, 0.1) is 0 Å². The molecule has 0 fully saturated rings. The summed E-state index contributed by atoms with van der Waals surface area (Å²) in [5.41, 5.74) is 0. The van der Waals surface area contributed by atoms with Crippen LogP contribution in [0.3, 0.4) is 0 Å². The number of phenolic OH excluding ortho intramolecular Hbond substituents is 1. The van der Waals surface area contributed by atoms with E-state index in [1.807, 2.05) is 24.3 Å². The molecule has 0 aliphatic rings. The van der Waals surface area contributed by atoms with Gasteiger partial charge in [-0.25, -0.2) is 0 Å². The molecule has 2 nitrogen and oxygen atoms in total. The lowest BCUT2D eigenvalue weighted by atomic mass is 10.2. The van der Waals surface area contributed by atoms with E-state index in [1.165, 1.54) is 4.70 Å². The maximum absolute atomic E-state index is 9.36. The van der Waals surface area contributed by atoms with Crippen LogP contribution in [0.4, 0.5) is 0 Å². The first kappa shape index (κ1) is 12.3. The van der Waals surface area contributed by atoms with E-state index >= 15 is 0 Å². The van der Waals surface area contributed by atoms with Crippen molar-refractivity contribution in [1.82, 2.24) is 0 Å². The van der Waals surface area contributed by atoms with Crippen LogP contribution in [-0.2, 0) is 6.61 Å². The molecule has 0 aliphatic carbocycles. The molecule has 0 bridgehead atoms. The molecule has 1 N–H and O–H groups in total. The number of benzene rings is 2. The van der Waals surface area contributed by atoms with Gasteiger partial charge in [-0.15, -0.1) is 11.3 Å². The smallest absolute Gasteiger partial charge is 0.123 e. The summed E-state index contributed by atoms with van der Waals surface area (Å²) in [6.45, 7) is 0.487. The van der Waals surface area contributed by atoms with Crippen molar-refractivity contribution in [3.8, 4) is 11.5 Å². The highest BCUT2D eigenvalue weighted by molar-refractivity contribution is 7.19. The zero-order chi connectivity index (χ0) is 13.2. The largest absolute Gasteiger partial charge is 0.508 e. The summed E-state index contributed by atoms with van der Waals surface area (Å²) in [7, 11) is 0. The van der Waals surface area contributed by atoms with Gasteiger partial charge in [-0.05, 0) is 41.8 Å². The Bertz CT molecular complexity index is 721. The molecular weight excluding hydrogens is 280 g/mol. The Labute approximate surface area is 119 Å². The molecule has 19 heavy (non-hydrogen) atoms. The number of hydrogen-bond acceptors (Lipinski definition) is 3. The van der Waals surface area contributed by atoms with Gasteiger partial charge in [0.1, 0.15) is 18.1 Å². The minimum atomic E-state index is 0.209. The SMILES string of the molecule is Oc1cccc(OCc2cc3cc(Cl)ccc3s2)c1. The van der Waals surface area contributed by atoms with Crippen molar-refractivity contribution < 1.29 is 9.84 Å². The molecular formula is C15H11ClO2S. The molecule has 0 saturated carbocycles. The van der Waals surface area contributed by atoms with Crippen LogP contribution in [-0.4, -0.2) is 5.11 Å². The maximum Gasteiger partial charge on any atom is 0.123 e. The summed E-state index contributed by atoms with van der Waals surface area (Å²) in [4.78, 5) is 1.13. The van der Waals surface area contributed by atoms with E-state index in [2.05, 4.69) is 6.07 Å². The first-order valence-corrected chi connectivity index (χ1v) is 7.00. The van der Waals surface area contributed by atoms with Gasteiger partial charge in [0, 0.05) is 20.7 Å². The van der Waals surface area contributed by atoms with Crippen molar-refractivity contribution in [1.29, 1.82) is 0 Å². The highest BCUT2D eigenvalue weighted by atomic mass is 35.5. The Morgan fingerprint density at radius 2 is 2.00 bits per heavy atom. The minimum Gasteiger partial charge on any atom is -0.508 e. The summed E-state index contributed by atoms with van der Waals surface area (Å²) in [5.74, 6) is 0.871. The fraction of sp³-hybridized carbons (Fsp3) is 0.0667. The molecule has 0 spiro atoms. The maximum atomic E-state index is 9.36. The van der Waals surface area contributed by atoms with E-state index in [0.717, 1.165) is 15.3 Å². The number of thiophene rings is 1. The number of fused-ring (bicyclic) bond motifs is 1. The molecule has 1 heterocycles. The molecule has 0 aliphatic heterocycles. The molecule has 3 aromatic rings. The Morgan fingerprint density at radius 3 is 2.84 bits per heavy atom. The fourth-order valence-electron chi connectivity index (χ4n) is 1.87. The summed E-state index contributed by atoms with van der Waals surface area (Å²) >= 11 is 7.65. The quantitative estimate of drug-likeness (QED) is 0.748. The Hall–Kier alpha value is -1.71. The third kappa shape index (κ3) is 2.83. The van der Waals surface area contributed by atoms with Crippen molar-refractivity contribution in [2.24, 2.45) is 0 Å². The van der Waals surface area contributed by atoms with Crippen molar-refractivity contribution in [2.45, 2.75) is 6.61 Å². The average molecular weight is 291 g/mol. The van der Waals surface area contributed by atoms with Gasteiger partial charge in [0.05, 0.1) is 0 Å². The van der Waals surface area contributed by atoms with Crippen LogP contribution < -0.4 is 4.74 Å². The normalized spacial score (nSPS) is 10.8. The first-order valence-electron chi connectivity index (χ1n) is 5.80. The summed E-state index contributed by atoms with van der Waals surface area (Å²) in [6, 6.07) is 14.7. The molecule has 0 amide bonds. The molecule has 4 heteroatoms. The van der Waals surface area contributed by atoms with Crippen molar-refractivity contribution in [3.05, 3.63) is 58.4 Å². The van der Waals surface area contributed by atoms with Crippen molar-refractivity contribution in [3.63, 3.8) is 0 Å². The summed E-state index contributed by atoms with van der Waals surface area (Å²) in [6.07, 6.45) is 0. The van der Waals surface area contributed by atoms with Crippen LogP contribution in [0.2, 0.25) is 5.02 Å². The molecule has 0 radical (unpaired) electrons. The van der Waals surface area contributed by atoms with Gasteiger partial charge < -0.3 is 9.84 Å². The van der Waals surface area contributed by atoms with Gasteiger partial charge in [0.25, 0.3) is 0 Å².